The lowest BCUT2D eigenvalue weighted by atomic mass is 9.82. The summed E-state index contributed by atoms with van der Waals surface area (Å²) < 4.78 is 5.12. The first-order valence-electron chi connectivity index (χ1n) is 6.83. The van der Waals surface area contributed by atoms with Crippen LogP contribution in [0.1, 0.15) is 44.9 Å². The van der Waals surface area contributed by atoms with Gasteiger partial charge in [0.1, 0.15) is 0 Å². The van der Waals surface area contributed by atoms with Gasteiger partial charge in [0, 0.05) is 18.9 Å². The fourth-order valence-corrected chi connectivity index (χ4v) is 2.66. The molecule has 0 bridgehead atoms. The summed E-state index contributed by atoms with van der Waals surface area (Å²) in [6.45, 7) is 0. The average Bonchev–Trinajstić information content (AvgIpc) is 2.36. The van der Waals surface area contributed by atoms with Gasteiger partial charge in [-0.2, -0.15) is 0 Å². The van der Waals surface area contributed by atoms with Crippen LogP contribution in [0.25, 0.3) is 0 Å². The van der Waals surface area contributed by atoms with E-state index in [2.05, 4.69) is 10.9 Å². The minimum atomic E-state index is -0.0903. The molecule has 0 aliphatic heterocycles. The molecule has 2 fully saturated rings. The molecule has 0 atom stereocenters. The van der Waals surface area contributed by atoms with Crippen molar-refractivity contribution in [2.24, 2.45) is 11.8 Å². The van der Waals surface area contributed by atoms with Gasteiger partial charge in [-0.15, -0.1) is 0 Å². The molecule has 2 amide bonds. The van der Waals surface area contributed by atoms with Crippen LogP contribution in [0.5, 0.6) is 0 Å². The van der Waals surface area contributed by atoms with Gasteiger partial charge in [0.2, 0.25) is 11.8 Å². The Balaban J connectivity index is 1.65. The lowest BCUT2D eigenvalue weighted by Gasteiger charge is -2.33. The van der Waals surface area contributed by atoms with Crippen LogP contribution >= 0.6 is 0 Å². The number of nitrogens with one attached hydrogen (secondary N) is 2. The van der Waals surface area contributed by atoms with Gasteiger partial charge < -0.3 is 4.74 Å². The van der Waals surface area contributed by atoms with E-state index in [1.54, 1.807) is 7.11 Å². The van der Waals surface area contributed by atoms with Crippen LogP contribution in [0.3, 0.4) is 0 Å². The highest BCUT2D eigenvalue weighted by Crippen LogP contribution is 2.29. The average molecular weight is 254 g/mol. The standard InChI is InChI=1S/C13H22N2O3/c1-18-11-7-10(8-11)13(17)15-14-12(16)9-5-3-2-4-6-9/h9-11H,2-8H2,1H3,(H,14,16)(H,15,17). The summed E-state index contributed by atoms with van der Waals surface area (Å²) in [6.07, 6.45) is 7.04. The number of carbonyl (C=O) groups is 2. The molecule has 18 heavy (non-hydrogen) atoms. The Kier molecular flexibility index (Phi) is 4.58. The summed E-state index contributed by atoms with van der Waals surface area (Å²) in [5.41, 5.74) is 5.09. The monoisotopic (exact) mass is 254 g/mol. The van der Waals surface area contributed by atoms with E-state index in [1.165, 1.54) is 6.42 Å². The molecular weight excluding hydrogens is 232 g/mol. The number of hydrogen-bond acceptors (Lipinski definition) is 3. The second-order valence-corrected chi connectivity index (χ2v) is 5.34. The zero-order valence-corrected chi connectivity index (χ0v) is 10.9. The summed E-state index contributed by atoms with van der Waals surface area (Å²) in [4.78, 5) is 23.5. The third-order valence-corrected chi connectivity index (χ3v) is 4.08. The van der Waals surface area contributed by atoms with E-state index in [-0.39, 0.29) is 29.8 Å². The van der Waals surface area contributed by atoms with Crippen LogP contribution in [-0.2, 0) is 14.3 Å². The number of hydrogen-bond donors (Lipinski definition) is 2. The first-order chi connectivity index (χ1) is 8.70. The van der Waals surface area contributed by atoms with E-state index >= 15 is 0 Å². The topological polar surface area (TPSA) is 67.4 Å². The molecule has 0 aromatic rings. The largest absolute Gasteiger partial charge is 0.381 e. The highest BCUT2D eigenvalue weighted by Gasteiger charge is 2.34. The highest BCUT2D eigenvalue weighted by molar-refractivity contribution is 5.84. The van der Waals surface area contributed by atoms with Crippen LogP contribution in [-0.4, -0.2) is 25.0 Å². The molecule has 0 aromatic heterocycles. The van der Waals surface area contributed by atoms with E-state index in [0.29, 0.717) is 0 Å². The molecule has 2 aliphatic carbocycles. The van der Waals surface area contributed by atoms with E-state index in [0.717, 1.165) is 38.5 Å². The maximum Gasteiger partial charge on any atom is 0.241 e. The third-order valence-electron chi connectivity index (χ3n) is 4.08. The third kappa shape index (κ3) is 3.22. The Morgan fingerprint density at radius 2 is 1.50 bits per heavy atom. The molecule has 2 aliphatic rings. The fraction of sp³-hybridized carbons (Fsp3) is 0.846. The Morgan fingerprint density at radius 3 is 2.06 bits per heavy atom. The highest BCUT2D eigenvalue weighted by atomic mass is 16.5. The predicted molar refractivity (Wildman–Crippen MR) is 66.4 cm³/mol. The van der Waals surface area contributed by atoms with Crippen LogP contribution in [0.4, 0.5) is 0 Å². The van der Waals surface area contributed by atoms with E-state index in [9.17, 15) is 9.59 Å². The minimum Gasteiger partial charge on any atom is -0.381 e. The molecule has 0 heterocycles. The smallest absolute Gasteiger partial charge is 0.241 e. The summed E-state index contributed by atoms with van der Waals surface area (Å²) in [7, 11) is 1.66. The maximum absolute atomic E-state index is 11.8. The van der Waals surface area contributed by atoms with Crippen LogP contribution < -0.4 is 10.9 Å². The molecule has 2 saturated carbocycles. The van der Waals surface area contributed by atoms with Crippen LogP contribution in [0, 0.1) is 11.8 Å². The van der Waals surface area contributed by atoms with Crippen molar-refractivity contribution >= 4 is 11.8 Å². The van der Waals surface area contributed by atoms with Crippen LogP contribution in [0.2, 0.25) is 0 Å². The number of methoxy groups -OCH3 is 1. The SMILES string of the molecule is COC1CC(C(=O)NNC(=O)C2CCCCC2)C1. The van der Waals surface area contributed by atoms with Gasteiger partial charge in [0.05, 0.1) is 6.10 Å². The second kappa shape index (κ2) is 6.18. The van der Waals surface area contributed by atoms with Gasteiger partial charge in [0.25, 0.3) is 0 Å². The lowest BCUT2D eigenvalue weighted by molar-refractivity contribution is -0.138. The second-order valence-electron chi connectivity index (χ2n) is 5.34. The van der Waals surface area contributed by atoms with Crippen molar-refractivity contribution in [3.8, 4) is 0 Å². The van der Waals surface area contributed by atoms with Gasteiger partial charge in [-0.1, -0.05) is 19.3 Å². The number of hydrazine groups is 1. The molecule has 0 unspecified atom stereocenters. The molecular formula is C13H22N2O3. The Morgan fingerprint density at radius 1 is 0.944 bits per heavy atom. The molecule has 0 radical (unpaired) electrons. The van der Waals surface area contributed by atoms with Gasteiger partial charge in [-0.05, 0) is 25.7 Å². The Hall–Kier alpha value is -1.10. The molecule has 0 aromatic carbocycles. The summed E-state index contributed by atoms with van der Waals surface area (Å²) >= 11 is 0. The van der Waals surface area contributed by atoms with E-state index in [4.69, 9.17) is 4.74 Å². The number of rotatable bonds is 3. The Bertz CT molecular complexity index is 307. The van der Waals surface area contributed by atoms with Gasteiger partial charge in [0.15, 0.2) is 0 Å². The molecule has 102 valence electrons. The molecule has 2 rings (SSSR count). The van der Waals surface area contributed by atoms with Crippen molar-refractivity contribution in [2.75, 3.05) is 7.11 Å². The first-order valence-corrected chi connectivity index (χ1v) is 6.83. The van der Waals surface area contributed by atoms with Crippen molar-refractivity contribution in [1.82, 2.24) is 10.9 Å². The first kappa shape index (κ1) is 13.3. The van der Waals surface area contributed by atoms with Crippen molar-refractivity contribution in [3.05, 3.63) is 0 Å². The lowest BCUT2D eigenvalue weighted by Crippen LogP contribution is -2.50. The number of ether oxygens (including phenoxy) is 1. The molecule has 5 nitrogen and oxygen atoms in total. The van der Waals surface area contributed by atoms with Crippen molar-refractivity contribution in [2.45, 2.75) is 51.0 Å². The van der Waals surface area contributed by atoms with Gasteiger partial charge in [-0.3, -0.25) is 20.4 Å². The zero-order valence-electron chi connectivity index (χ0n) is 10.9. The molecule has 0 spiro atoms. The summed E-state index contributed by atoms with van der Waals surface area (Å²) in [5, 5.41) is 0. The normalized spacial score (nSPS) is 28.3. The maximum atomic E-state index is 11.8. The summed E-state index contributed by atoms with van der Waals surface area (Å²) in [6, 6.07) is 0. The molecule has 2 N–H and O–H groups in total. The number of carbonyl (C=O) groups excluding carboxylic acids is 2. The van der Waals surface area contributed by atoms with Crippen molar-refractivity contribution in [1.29, 1.82) is 0 Å². The summed E-state index contributed by atoms with van der Waals surface area (Å²) in [5.74, 6) is -0.0631. The molecule has 5 heteroatoms. The fourth-order valence-electron chi connectivity index (χ4n) is 2.66. The van der Waals surface area contributed by atoms with Crippen LogP contribution in [0.15, 0.2) is 0 Å². The van der Waals surface area contributed by atoms with Gasteiger partial charge >= 0.3 is 0 Å². The number of amides is 2. The van der Waals surface area contributed by atoms with E-state index in [1.807, 2.05) is 0 Å². The van der Waals surface area contributed by atoms with Gasteiger partial charge in [-0.25, -0.2) is 0 Å². The quantitative estimate of drug-likeness (QED) is 0.742. The zero-order chi connectivity index (χ0) is 13.0. The minimum absolute atomic E-state index is 0.0124. The predicted octanol–water partition coefficient (Wildman–Crippen LogP) is 1.14. The Labute approximate surface area is 108 Å². The van der Waals surface area contributed by atoms with Crippen molar-refractivity contribution in [3.63, 3.8) is 0 Å². The van der Waals surface area contributed by atoms with E-state index < -0.39 is 0 Å². The molecule has 0 saturated heterocycles. The van der Waals surface area contributed by atoms with Crippen molar-refractivity contribution < 1.29 is 14.3 Å².